The fourth-order valence-electron chi connectivity index (χ4n) is 4.82. The summed E-state index contributed by atoms with van der Waals surface area (Å²) >= 11 is 0. The molecule has 1 aliphatic rings. The van der Waals surface area contributed by atoms with Gasteiger partial charge in [-0.15, -0.1) is 0 Å². The van der Waals surface area contributed by atoms with Gasteiger partial charge < -0.3 is 18.8 Å². The van der Waals surface area contributed by atoms with Crippen molar-refractivity contribution in [2.45, 2.75) is 65.0 Å². The number of aryl methyl sites for hydroxylation is 1. The molecule has 0 bridgehead atoms. The average Bonchev–Trinajstić information content (AvgIpc) is 3.50. The number of esters is 1. The van der Waals surface area contributed by atoms with Crippen LogP contribution < -0.4 is 10.1 Å². The summed E-state index contributed by atoms with van der Waals surface area (Å²) in [5.74, 6) is 0.823. The van der Waals surface area contributed by atoms with Crippen LogP contribution in [0.25, 0.3) is 10.9 Å². The summed E-state index contributed by atoms with van der Waals surface area (Å²) in [5, 5.41) is 3.98. The Balaban J connectivity index is 1.64. The first-order valence-electron chi connectivity index (χ1n) is 12.7. The lowest BCUT2D eigenvalue weighted by atomic mass is 10.0. The largest absolute Gasteiger partial charge is 0.496 e. The molecule has 3 aromatic rings. The summed E-state index contributed by atoms with van der Waals surface area (Å²) in [6, 6.07) is 11.4. The van der Waals surface area contributed by atoms with Gasteiger partial charge in [0.1, 0.15) is 11.9 Å². The Labute approximate surface area is 212 Å². The SMILES string of the molecule is COC(=O)c1ccc(Cc2cn(CCC(C)C)c3ccc(NC(=O)OC4CCCC4)cc23)c(OC)c1. The second kappa shape index (κ2) is 11.5. The van der Waals surface area contributed by atoms with E-state index in [1.165, 1.54) is 7.11 Å². The molecule has 4 rings (SSSR count). The van der Waals surface area contributed by atoms with Crippen molar-refractivity contribution in [1.29, 1.82) is 0 Å². The number of carbonyl (C=O) groups is 2. The van der Waals surface area contributed by atoms with Crippen molar-refractivity contribution in [3.63, 3.8) is 0 Å². The number of nitrogens with one attached hydrogen (secondary N) is 1. The Morgan fingerprint density at radius 1 is 1.06 bits per heavy atom. The Morgan fingerprint density at radius 3 is 2.53 bits per heavy atom. The molecule has 1 amide bonds. The summed E-state index contributed by atoms with van der Waals surface area (Å²) < 4.78 is 18.3. The number of fused-ring (bicyclic) bond motifs is 1. The molecular formula is C29H36N2O5. The first-order valence-corrected chi connectivity index (χ1v) is 12.7. The lowest BCUT2D eigenvalue weighted by molar-refractivity contribution is 0.0600. The van der Waals surface area contributed by atoms with Crippen LogP contribution in [0.5, 0.6) is 5.75 Å². The van der Waals surface area contributed by atoms with Gasteiger partial charge in [0.25, 0.3) is 0 Å². The van der Waals surface area contributed by atoms with E-state index < -0.39 is 12.1 Å². The standard InChI is InChI=1S/C29H36N2O5/c1-19(2)13-14-31-18-22(15-20-9-10-21(28(32)35-4)16-27(20)34-3)25-17-23(11-12-26(25)31)30-29(33)36-24-7-5-6-8-24/h9-12,16-19,24H,5-8,13-15H2,1-4H3,(H,30,33). The molecule has 1 heterocycles. The van der Waals surface area contributed by atoms with Crippen molar-refractivity contribution >= 4 is 28.7 Å². The predicted octanol–water partition coefficient (Wildman–Crippen LogP) is 6.56. The van der Waals surface area contributed by atoms with Crippen LogP contribution in [0, 0.1) is 5.92 Å². The monoisotopic (exact) mass is 492 g/mol. The zero-order valence-corrected chi connectivity index (χ0v) is 21.6. The Morgan fingerprint density at radius 2 is 1.83 bits per heavy atom. The number of ether oxygens (including phenoxy) is 3. The number of rotatable bonds is 9. The number of methoxy groups -OCH3 is 2. The summed E-state index contributed by atoms with van der Waals surface area (Å²) in [7, 11) is 2.97. The molecule has 192 valence electrons. The molecule has 1 saturated carbocycles. The van der Waals surface area contributed by atoms with Crippen molar-refractivity contribution in [1.82, 2.24) is 4.57 Å². The van der Waals surface area contributed by atoms with Gasteiger partial charge in [-0.25, -0.2) is 9.59 Å². The van der Waals surface area contributed by atoms with Crippen LogP contribution in [-0.4, -0.2) is 37.0 Å². The van der Waals surface area contributed by atoms with E-state index >= 15 is 0 Å². The summed E-state index contributed by atoms with van der Waals surface area (Å²) in [5.41, 5.74) is 4.36. The van der Waals surface area contributed by atoms with Gasteiger partial charge in [0.15, 0.2) is 0 Å². The highest BCUT2D eigenvalue weighted by Gasteiger charge is 2.20. The molecule has 0 atom stereocenters. The van der Waals surface area contributed by atoms with Gasteiger partial charge in [-0.1, -0.05) is 19.9 Å². The maximum atomic E-state index is 12.5. The molecular weight excluding hydrogens is 456 g/mol. The van der Waals surface area contributed by atoms with Crippen LogP contribution in [-0.2, 0) is 22.4 Å². The second-order valence-electron chi connectivity index (χ2n) is 9.89. The zero-order valence-electron chi connectivity index (χ0n) is 21.6. The van der Waals surface area contributed by atoms with Crippen LogP contribution in [0.4, 0.5) is 10.5 Å². The Kier molecular flexibility index (Phi) is 8.18. The van der Waals surface area contributed by atoms with E-state index in [4.69, 9.17) is 14.2 Å². The highest BCUT2D eigenvalue weighted by atomic mass is 16.6. The molecule has 7 nitrogen and oxygen atoms in total. The second-order valence-corrected chi connectivity index (χ2v) is 9.89. The van der Waals surface area contributed by atoms with Crippen LogP contribution in [0.15, 0.2) is 42.6 Å². The fourth-order valence-corrected chi connectivity index (χ4v) is 4.82. The molecule has 0 radical (unpaired) electrons. The lowest BCUT2D eigenvalue weighted by Crippen LogP contribution is -2.20. The van der Waals surface area contributed by atoms with Crippen molar-refractivity contribution in [2.75, 3.05) is 19.5 Å². The number of nitrogens with zero attached hydrogens (tertiary/aromatic N) is 1. The number of anilines is 1. The first kappa shape index (κ1) is 25.6. The Bertz CT molecular complexity index is 1220. The van der Waals surface area contributed by atoms with E-state index in [-0.39, 0.29) is 6.10 Å². The molecule has 2 aromatic carbocycles. The number of hydrogen-bond acceptors (Lipinski definition) is 5. The smallest absolute Gasteiger partial charge is 0.411 e. The van der Waals surface area contributed by atoms with E-state index in [1.807, 2.05) is 18.2 Å². The third-order valence-corrected chi connectivity index (χ3v) is 6.82. The van der Waals surface area contributed by atoms with E-state index in [0.29, 0.717) is 29.3 Å². The molecule has 0 spiro atoms. The van der Waals surface area contributed by atoms with Crippen molar-refractivity contribution < 1.29 is 23.8 Å². The minimum atomic E-state index is -0.401. The van der Waals surface area contributed by atoms with Gasteiger partial charge in [0, 0.05) is 35.8 Å². The molecule has 36 heavy (non-hydrogen) atoms. The van der Waals surface area contributed by atoms with E-state index in [0.717, 1.165) is 60.7 Å². The van der Waals surface area contributed by atoms with E-state index in [2.05, 4.69) is 36.0 Å². The quantitative estimate of drug-likeness (QED) is 0.342. The van der Waals surface area contributed by atoms with E-state index in [1.54, 1.807) is 19.2 Å². The highest BCUT2D eigenvalue weighted by Crippen LogP contribution is 2.31. The molecule has 0 aliphatic heterocycles. The van der Waals surface area contributed by atoms with Crippen LogP contribution in [0.3, 0.4) is 0 Å². The third-order valence-electron chi connectivity index (χ3n) is 6.82. The number of aromatic nitrogens is 1. The maximum Gasteiger partial charge on any atom is 0.411 e. The Hall–Kier alpha value is -3.48. The fraction of sp³-hybridized carbons (Fsp3) is 0.448. The number of hydrogen-bond donors (Lipinski definition) is 1. The lowest BCUT2D eigenvalue weighted by Gasteiger charge is -2.13. The van der Waals surface area contributed by atoms with Crippen molar-refractivity contribution in [3.05, 3.63) is 59.3 Å². The minimum Gasteiger partial charge on any atom is -0.496 e. The van der Waals surface area contributed by atoms with Crippen LogP contribution in [0.1, 0.15) is 67.4 Å². The van der Waals surface area contributed by atoms with Gasteiger partial charge >= 0.3 is 12.1 Å². The average molecular weight is 493 g/mol. The minimum absolute atomic E-state index is 0.0156. The molecule has 1 aromatic heterocycles. The van der Waals surface area contributed by atoms with Gasteiger partial charge in [-0.2, -0.15) is 0 Å². The summed E-state index contributed by atoms with van der Waals surface area (Å²) in [6.07, 6.45) is 7.57. The predicted molar refractivity (Wildman–Crippen MR) is 141 cm³/mol. The summed E-state index contributed by atoms with van der Waals surface area (Å²) in [4.78, 5) is 24.4. The van der Waals surface area contributed by atoms with Gasteiger partial charge in [0.2, 0.25) is 0 Å². The van der Waals surface area contributed by atoms with Gasteiger partial charge in [0.05, 0.1) is 19.8 Å². The molecule has 0 saturated heterocycles. The van der Waals surface area contributed by atoms with Crippen molar-refractivity contribution in [2.24, 2.45) is 5.92 Å². The van der Waals surface area contributed by atoms with Gasteiger partial charge in [-0.3, -0.25) is 5.32 Å². The van der Waals surface area contributed by atoms with Crippen LogP contribution in [0.2, 0.25) is 0 Å². The molecule has 1 fully saturated rings. The first-order chi connectivity index (χ1) is 17.4. The number of benzene rings is 2. The zero-order chi connectivity index (χ0) is 25.7. The summed E-state index contributed by atoms with van der Waals surface area (Å²) in [6.45, 7) is 5.35. The number of carbonyl (C=O) groups excluding carboxylic acids is 2. The number of amides is 1. The van der Waals surface area contributed by atoms with Crippen LogP contribution >= 0.6 is 0 Å². The van der Waals surface area contributed by atoms with Gasteiger partial charge in [-0.05, 0) is 79.5 Å². The molecule has 1 N–H and O–H groups in total. The van der Waals surface area contributed by atoms with E-state index in [9.17, 15) is 9.59 Å². The topological polar surface area (TPSA) is 78.8 Å². The third kappa shape index (κ3) is 6.01. The molecule has 1 aliphatic carbocycles. The molecule has 7 heteroatoms. The highest BCUT2D eigenvalue weighted by molar-refractivity contribution is 5.92. The normalized spacial score (nSPS) is 13.8. The maximum absolute atomic E-state index is 12.5. The molecule has 0 unspecified atom stereocenters. The van der Waals surface area contributed by atoms with Crippen molar-refractivity contribution in [3.8, 4) is 5.75 Å².